The Morgan fingerprint density at radius 3 is 2.94 bits per heavy atom. The van der Waals surface area contributed by atoms with E-state index in [-0.39, 0.29) is 5.38 Å². The molecular weight excluding hydrogens is 226 g/mol. The first kappa shape index (κ1) is 13.5. The van der Waals surface area contributed by atoms with Gasteiger partial charge in [0.25, 0.3) is 0 Å². The molecule has 16 heavy (non-hydrogen) atoms. The number of hydrogen-bond acceptors (Lipinski definition) is 3. The predicted octanol–water partition coefficient (Wildman–Crippen LogP) is 1.15. The van der Waals surface area contributed by atoms with Gasteiger partial charge in [-0.05, 0) is 7.05 Å². The smallest absolute Gasteiger partial charge is 0.109 e. The average molecular weight is 246 g/mol. The Morgan fingerprint density at radius 1 is 1.62 bits per heavy atom. The molecular formula is C11H20ClN3O. The number of hydrogen-bond donors (Lipinski definition) is 0. The van der Waals surface area contributed by atoms with Crippen molar-refractivity contribution < 1.29 is 4.74 Å². The van der Waals surface area contributed by atoms with Crippen molar-refractivity contribution in [2.75, 3.05) is 33.9 Å². The lowest BCUT2D eigenvalue weighted by atomic mass is 10.3. The second-order valence-corrected chi connectivity index (χ2v) is 4.64. The Bertz CT molecular complexity index is 303. The van der Waals surface area contributed by atoms with Crippen LogP contribution in [0.3, 0.4) is 0 Å². The maximum absolute atomic E-state index is 6.08. The molecule has 0 spiro atoms. The molecule has 0 fully saturated rings. The highest BCUT2D eigenvalue weighted by atomic mass is 35.5. The molecule has 1 aromatic heterocycles. The van der Waals surface area contributed by atoms with Gasteiger partial charge < -0.3 is 14.2 Å². The number of alkyl halides is 1. The van der Waals surface area contributed by atoms with Gasteiger partial charge in [-0.25, -0.2) is 4.98 Å². The lowest BCUT2D eigenvalue weighted by Crippen LogP contribution is -2.30. The summed E-state index contributed by atoms with van der Waals surface area (Å²) in [4.78, 5) is 6.48. The van der Waals surface area contributed by atoms with Crippen LogP contribution in [0.5, 0.6) is 0 Å². The van der Waals surface area contributed by atoms with E-state index in [1.807, 2.05) is 24.0 Å². The number of ether oxygens (including phenoxy) is 1. The zero-order valence-electron chi connectivity index (χ0n) is 10.2. The van der Waals surface area contributed by atoms with E-state index in [1.54, 1.807) is 7.11 Å². The molecule has 0 saturated carbocycles. The molecule has 0 aliphatic carbocycles. The quantitative estimate of drug-likeness (QED) is 0.675. The molecule has 0 saturated heterocycles. The molecule has 0 aliphatic rings. The first-order valence-electron chi connectivity index (χ1n) is 5.41. The SMILES string of the molecule is COCC(Cl)CN(C)CCc1nccn1C. The minimum Gasteiger partial charge on any atom is -0.383 e. The van der Waals surface area contributed by atoms with Gasteiger partial charge in [0.1, 0.15) is 5.82 Å². The molecule has 0 bridgehead atoms. The van der Waals surface area contributed by atoms with Gasteiger partial charge in [-0.15, -0.1) is 11.6 Å². The average Bonchev–Trinajstić information content (AvgIpc) is 2.61. The normalized spacial score (nSPS) is 13.3. The highest BCUT2D eigenvalue weighted by molar-refractivity contribution is 6.20. The van der Waals surface area contributed by atoms with Crippen LogP contribution in [0.1, 0.15) is 5.82 Å². The maximum Gasteiger partial charge on any atom is 0.109 e. The third-order valence-electron chi connectivity index (χ3n) is 2.50. The molecule has 1 aromatic rings. The van der Waals surface area contributed by atoms with Crippen molar-refractivity contribution in [3.8, 4) is 0 Å². The number of likely N-dealkylation sites (N-methyl/N-ethyl adjacent to an activating group) is 1. The minimum atomic E-state index is 0.0522. The third-order valence-corrected chi connectivity index (χ3v) is 2.76. The summed E-state index contributed by atoms with van der Waals surface area (Å²) in [5, 5.41) is 0.0522. The summed E-state index contributed by atoms with van der Waals surface area (Å²) < 4.78 is 7.04. The highest BCUT2D eigenvalue weighted by Crippen LogP contribution is 2.01. The van der Waals surface area contributed by atoms with Crippen LogP contribution in [-0.2, 0) is 18.2 Å². The lowest BCUT2D eigenvalue weighted by molar-refractivity contribution is 0.182. The van der Waals surface area contributed by atoms with Crippen molar-refractivity contribution in [3.63, 3.8) is 0 Å². The van der Waals surface area contributed by atoms with E-state index >= 15 is 0 Å². The van der Waals surface area contributed by atoms with Gasteiger partial charge in [0.15, 0.2) is 0 Å². The number of aromatic nitrogens is 2. The zero-order chi connectivity index (χ0) is 12.0. The fourth-order valence-electron chi connectivity index (χ4n) is 1.59. The summed E-state index contributed by atoms with van der Waals surface area (Å²) in [6, 6.07) is 0. The van der Waals surface area contributed by atoms with Crippen LogP contribution >= 0.6 is 11.6 Å². The van der Waals surface area contributed by atoms with E-state index in [0.29, 0.717) is 6.61 Å². The van der Waals surface area contributed by atoms with Crippen molar-refractivity contribution in [2.24, 2.45) is 7.05 Å². The van der Waals surface area contributed by atoms with Gasteiger partial charge in [0.05, 0.1) is 12.0 Å². The molecule has 0 amide bonds. The first-order chi connectivity index (χ1) is 7.63. The first-order valence-corrected chi connectivity index (χ1v) is 5.85. The van der Waals surface area contributed by atoms with Crippen LogP contribution in [0.2, 0.25) is 0 Å². The van der Waals surface area contributed by atoms with Crippen molar-refractivity contribution in [2.45, 2.75) is 11.8 Å². The summed E-state index contributed by atoms with van der Waals surface area (Å²) >= 11 is 6.08. The van der Waals surface area contributed by atoms with Crippen molar-refractivity contribution in [3.05, 3.63) is 18.2 Å². The van der Waals surface area contributed by atoms with Gasteiger partial charge in [-0.3, -0.25) is 0 Å². The lowest BCUT2D eigenvalue weighted by Gasteiger charge is -2.19. The number of methoxy groups -OCH3 is 1. The van der Waals surface area contributed by atoms with Crippen LogP contribution in [-0.4, -0.2) is 53.7 Å². The van der Waals surface area contributed by atoms with E-state index in [9.17, 15) is 0 Å². The van der Waals surface area contributed by atoms with Gasteiger partial charge in [-0.1, -0.05) is 0 Å². The molecule has 1 rings (SSSR count). The second kappa shape index (κ2) is 6.89. The summed E-state index contributed by atoms with van der Waals surface area (Å²) in [6.45, 7) is 2.38. The molecule has 1 atom stereocenters. The summed E-state index contributed by atoms with van der Waals surface area (Å²) in [5.41, 5.74) is 0. The van der Waals surface area contributed by atoms with Crippen molar-refractivity contribution in [1.82, 2.24) is 14.5 Å². The third kappa shape index (κ3) is 4.51. The molecule has 92 valence electrons. The van der Waals surface area contributed by atoms with Crippen LogP contribution in [0.25, 0.3) is 0 Å². The van der Waals surface area contributed by atoms with E-state index in [1.165, 1.54) is 0 Å². The minimum absolute atomic E-state index is 0.0522. The summed E-state index contributed by atoms with van der Waals surface area (Å²) in [7, 11) is 5.74. The standard InChI is InChI=1S/C11H20ClN3O/c1-14(8-10(12)9-16-3)6-4-11-13-5-7-15(11)2/h5,7,10H,4,6,8-9H2,1-3H3. The van der Waals surface area contributed by atoms with E-state index in [0.717, 1.165) is 25.3 Å². The topological polar surface area (TPSA) is 30.3 Å². The van der Waals surface area contributed by atoms with Crippen LogP contribution in [0.4, 0.5) is 0 Å². The van der Waals surface area contributed by atoms with Gasteiger partial charge in [-0.2, -0.15) is 0 Å². The van der Waals surface area contributed by atoms with E-state index in [2.05, 4.69) is 16.9 Å². The molecule has 5 heteroatoms. The summed E-state index contributed by atoms with van der Waals surface area (Å²) in [6.07, 6.45) is 4.73. The van der Waals surface area contributed by atoms with Crippen LogP contribution < -0.4 is 0 Å². The largest absolute Gasteiger partial charge is 0.383 e. The molecule has 0 aliphatic heterocycles. The number of rotatable bonds is 7. The Labute approximate surface area is 102 Å². The fourth-order valence-corrected chi connectivity index (χ4v) is 1.95. The Kier molecular flexibility index (Phi) is 5.80. The Morgan fingerprint density at radius 2 is 2.38 bits per heavy atom. The highest BCUT2D eigenvalue weighted by Gasteiger charge is 2.09. The number of nitrogens with zero attached hydrogens (tertiary/aromatic N) is 3. The summed E-state index contributed by atoms with van der Waals surface area (Å²) in [5.74, 6) is 1.10. The molecule has 0 radical (unpaired) electrons. The van der Waals surface area contributed by atoms with Gasteiger partial charge in [0, 0.05) is 46.1 Å². The zero-order valence-corrected chi connectivity index (χ0v) is 10.9. The Hall–Kier alpha value is -0.580. The Balaban J connectivity index is 2.25. The number of aryl methyl sites for hydroxylation is 1. The van der Waals surface area contributed by atoms with Gasteiger partial charge in [0.2, 0.25) is 0 Å². The van der Waals surface area contributed by atoms with Crippen LogP contribution in [0.15, 0.2) is 12.4 Å². The monoisotopic (exact) mass is 245 g/mol. The van der Waals surface area contributed by atoms with Crippen molar-refractivity contribution >= 4 is 11.6 Å². The van der Waals surface area contributed by atoms with Crippen molar-refractivity contribution in [1.29, 1.82) is 0 Å². The van der Waals surface area contributed by atoms with Gasteiger partial charge >= 0.3 is 0 Å². The maximum atomic E-state index is 6.08. The molecule has 0 aromatic carbocycles. The van der Waals surface area contributed by atoms with E-state index < -0.39 is 0 Å². The molecule has 1 heterocycles. The number of halogens is 1. The molecule has 0 N–H and O–H groups in total. The number of imidazole rings is 1. The molecule has 1 unspecified atom stereocenters. The van der Waals surface area contributed by atoms with E-state index in [4.69, 9.17) is 16.3 Å². The second-order valence-electron chi connectivity index (χ2n) is 4.02. The van der Waals surface area contributed by atoms with Crippen LogP contribution in [0, 0.1) is 0 Å². The molecule has 4 nitrogen and oxygen atoms in total. The predicted molar refractivity (Wildman–Crippen MR) is 65.9 cm³/mol. The fraction of sp³-hybridized carbons (Fsp3) is 0.727.